The quantitative estimate of drug-likeness (QED) is 0.0321. The minimum absolute atomic E-state index is 0.0578. The second kappa shape index (κ2) is 51.1. The van der Waals surface area contributed by atoms with Crippen molar-refractivity contribution in [2.24, 2.45) is 0 Å². The number of allylic oxidation sites excluding steroid dienone is 6. The summed E-state index contributed by atoms with van der Waals surface area (Å²) in [5.41, 5.74) is 0. The van der Waals surface area contributed by atoms with E-state index in [0.717, 1.165) is 64.2 Å². The lowest BCUT2D eigenvalue weighted by Gasteiger charge is -2.24. The van der Waals surface area contributed by atoms with E-state index in [-0.39, 0.29) is 24.9 Å². The molecule has 0 radical (unpaired) electrons. The number of nitrogens with one attached hydrogen (secondary N) is 1. The number of aliphatic hydroxyl groups is 2. The Balaban J connectivity index is 4.51. The van der Waals surface area contributed by atoms with Gasteiger partial charge in [-0.15, -0.1) is 0 Å². The molecule has 63 heavy (non-hydrogen) atoms. The molecular formula is C57H107NO5. The molecule has 0 bridgehead atoms. The van der Waals surface area contributed by atoms with Crippen LogP contribution in [0.2, 0.25) is 0 Å². The highest BCUT2D eigenvalue weighted by molar-refractivity contribution is 5.77. The number of unbranched alkanes of at least 4 members (excludes halogenated alkanes) is 32. The van der Waals surface area contributed by atoms with Crippen LogP contribution >= 0.6 is 0 Å². The van der Waals surface area contributed by atoms with Gasteiger partial charge in [0.15, 0.2) is 0 Å². The molecule has 6 heteroatoms. The predicted molar refractivity (Wildman–Crippen MR) is 273 cm³/mol. The molecule has 0 saturated heterocycles. The maximum absolute atomic E-state index is 13.2. The molecule has 0 aromatic carbocycles. The van der Waals surface area contributed by atoms with Crippen LogP contribution in [-0.2, 0) is 14.3 Å². The van der Waals surface area contributed by atoms with Crippen LogP contribution in [0.25, 0.3) is 0 Å². The maximum atomic E-state index is 13.2. The second-order valence-corrected chi connectivity index (χ2v) is 19.0. The van der Waals surface area contributed by atoms with E-state index in [4.69, 9.17) is 4.74 Å². The molecule has 0 aliphatic rings. The normalized spacial score (nSPS) is 13.4. The van der Waals surface area contributed by atoms with E-state index in [9.17, 15) is 19.8 Å². The van der Waals surface area contributed by atoms with Gasteiger partial charge in [0, 0.05) is 6.42 Å². The number of amides is 1. The van der Waals surface area contributed by atoms with E-state index < -0.39 is 18.2 Å². The Morgan fingerprint density at radius 2 is 0.825 bits per heavy atom. The standard InChI is InChI=1S/C57H107NO5/c1-4-7-10-13-16-19-22-25-26-27-28-29-30-32-35-38-41-44-47-50-57(62)63-53(48-45-42-39-36-33-24-21-18-15-12-9-6-3)51-56(61)58-54(52-59)55(60)49-46-43-40-37-34-31-23-20-17-14-11-8-5-2/h16,19,25-26,36,39,53-55,59-60H,4-15,17-18,20-24,27-35,37-38,40-52H2,1-3H3,(H,58,61)/b19-16-,26-25-,39-36-. The zero-order chi connectivity index (χ0) is 45.9. The van der Waals surface area contributed by atoms with E-state index in [1.54, 1.807) is 0 Å². The van der Waals surface area contributed by atoms with Crippen molar-refractivity contribution in [1.82, 2.24) is 5.32 Å². The lowest BCUT2D eigenvalue weighted by atomic mass is 10.0. The molecule has 0 fully saturated rings. The number of hydrogen-bond donors (Lipinski definition) is 3. The molecule has 0 rings (SSSR count). The average molecular weight is 886 g/mol. The number of rotatable bonds is 50. The summed E-state index contributed by atoms with van der Waals surface area (Å²) in [5, 5.41) is 23.8. The summed E-state index contributed by atoms with van der Waals surface area (Å²) in [6, 6.07) is -0.708. The Morgan fingerprint density at radius 3 is 1.29 bits per heavy atom. The van der Waals surface area contributed by atoms with E-state index in [1.165, 1.54) is 180 Å². The molecule has 3 atom stereocenters. The zero-order valence-electron chi connectivity index (χ0n) is 42.2. The van der Waals surface area contributed by atoms with Crippen molar-refractivity contribution >= 4 is 11.9 Å². The summed E-state index contributed by atoms with van der Waals surface area (Å²) < 4.78 is 5.93. The topological polar surface area (TPSA) is 95.9 Å². The first-order valence-electron chi connectivity index (χ1n) is 27.7. The lowest BCUT2D eigenvalue weighted by molar-refractivity contribution is -0.151. The zero-order valence-corrected chi connectivity index (χ0v) is 42.2. The highest BCUT2D eigenvalue weighted by atomic mass is 16.5. The van der Waals surface area contributed by atoms with Crippen LogP contribution in [0.3, 0.4) is 0 Å². The van der Waals surface area contributed by atoms with Gasteiger partial charge in [0.05, 0.1) is 25.2 Å². The third-order valence-electron chi connectivity index (χ3n) is 12.7. The molecule has 6 nitrogen and oxygen atoms in total. The number of esters is 1. The van der Waals surface area contributed by atoms with Gasteiger partial charge in [-0.05, 0) is 77.0 Å². The average Bonchev–Trinajstić information content (AvgIpc) is 3.28. The van der Waals surface area contributed by atoms with Crippen molar-refractivity contribution in [3.8, 4) is 0 Å². The molecule has 370 valence electrons. The Bertz CT molecular complexity index is 1040. The molecule has 0 aliphatic carbocycles. The molecule has 1 amide bonds. The summed E-state index contributed by atoms with van der Waals surface area (Å²) in [5.74, 6) is -0.497. The minimum atomic E-state index is -0.793. The van der Waals surface area contributed by atoms with Crippen LogP contribution in [0.4, 0.5) is 0 Å². The van der Waals surface area contributed by atoms with E-state index in [0.29, 0.717) is 19.3 Å². The third kappa shape index (κ3) is 46.4. The fraction of sp³-hybridized carbons (Fsp3) is 0.860. The summed E-state index contributed by atoms with van der Waals surface area (Å²) >= 11 is 0. The van der Waals surface area contributed by atoms with Gasteiger partial charge < -0.3 is 20.3 Å². The number of hydrogen-bond acceptors (Lipinski definition) is 5. The monoisotopic (exact) mass is 886 g/mol. The minimum Gasteiger partial charge on any atom is -0.462 e. The summed E-state index contributed by atoms with van der Waals surface area (Å²) in [6.45, 7) is 6.46. The van der Waals surface area contributed by atoms with Gasteiger partial charge in [-0.25, -0.2) is 0 Å². The van der Waals surface area contributed by atoms with Gasteiger partial charge in [0.2, 0.25) is 5.91 Å². The van der Waals surface area contributed by atoms with E-state index in [2.05, 4.69) is 62.5 Å². The Kier molecular flexibility index (Phi) is 49.5. The molecule has 0 spiro atoms. The molecule has 0 heterocycles. The first kappa shape index (κ1) is 61.1. The van der Waals surface area contributed by atoms with Gasteiger partial charge in [0.25, 0.3) is 0 Å². The molecule has 0 aromatic rings. The highest BCUT2D eigenvalue weighted by Gasteiger charge is 2.24. The van der Waals surface area contributed by atoms with Crippen molar-refractivity contribution in [3.05, 3.63) is 36.5 Å². The van der Waals surface area contributed by atoms with Crippen molar-refractivity contribution in [2.45, 2.75) is 309 Å². The van der Waals surface area contributed by atoms with Crippen molar-refractivity contribution in [3.63, 3.8) is 0 Å². The number of aliphatic hydroxyl groups excluding tert-OH is 2. The van der Waals surface area contributed by atoms with Crippen molar-refractivity contribution < 1.29 is 24.5 Å². The Labute approximate surface area is 392 Å². The molecule has 0 aromatic heterocycles. The predicted octanol–water partition coefficient (Wildman–Crippen LogP) is 16.8. The van der Waals surface area contributed by atoms with Crippen LogP contribution < -0.4 is 5.32 Å². The summed E-state index contributed by atoms with van der Waals surface area (Å²) in [7, 11) is 0. The van der Waals surface area contributed by atoms with Crippen LogP contribution in [-0.4, -0.2) is 46.9 Å². The van der Waals surface area contributed by atoms with E-state index >= 15 is 0 Å². The lowest BCUT2D eigenvalue weighted by Crippen LogP contribution is -2.46. The van der Waals surface area contributed by atoms with Crippen LogP contribution in [0.5, 0.6) is 0 Å². The summed E-state index contributed by atoms with van der Waals surface area (Å²) in [4.78, 5) is 26.2. The Hall–Kier alpha value is -1.92. The Morgan fingerprint density at radius 1 is 0.460 bits per heavy atom. The molecule has 0 aliphatic heterocycles. The number of carbonyl (C=O) groups excluding carboxylic acids is 2. The fourth-order valence-corrected chi connectivity index (χ4v) is 8.46. The van der Waals surface area contributed by atoms with Crippen LogP contribution in [0.15, 0.2) is 36.5 Å². The number of ether oxygens (including phenoxy) is 1. The second-order valence-electron chi connectivity index (χ2n) is 19.0. The van der Waals surface area contributed by atoms with E-state index in [1.807, 2.05) is 0 Å². The first-order chi connectivity index (χ1) is 31.0. The molecular weight excluding hydrogens is 779 g/mol. The maximum Gasteiger partial charge on any atom is 0.306 e. The molecule has 0 saturated carbocycles. The highest BCUT2D eigenvalue weighted by Crippen LogP contribution is 2.18. The molecule has 3 N–H and O–H groups in total. The third-order valence-corrected chi connectivity index (χ3v) is 12.7. The largest absolute Gasteiger partial charge is 0.462 e. The van der Waals surface area contributed by atoms with Crippen molar-refractivity contribution in [2.75, 3.05) is 6.61 Å². The van der Waals surface area contributed by atoms with Crippen molar-refractivity contribution in [1.29, 1.82) is 0 Å². The van der Waals surface area contributed by atoms with Gasteiger partial charge in [-0.2, -0.15) is 0 Å². The van der Waals surface area contributed by atoms with Crippen LogP contribution in [0, 0.1) is 0 Å². The number of carbonyl (C=O) groups is 2. The van der Waals surface area contributed by atoms with Gasteiger partial charge in [0.1, 0.15) is 6.10 Å². The molecule has 3 unspecified atom stereocenters. The van der Waals surface area contributed by atoms with Gasteiger partial charge >= 0.3 is 5.97 Å². The SMILES string of the molecule is CCCCC/C=C\C/C=C\CCCCCCCCCCCC(=O)OC(CCC/C=C\CCCCCCCCC)CC(=O)NC(CO)C(O)CCCCCCCCCCCCCCC. The smallest absolute Gasteiger partial charge is 0.306 e. The van der Waals surface area contributed by atoms with Crippen LogP contribution in [0.1, 0.15) is 290 Å². The first-order valence-corrected chi connectivity index (χ1v) is 27.7. The van der Waals surface area contributed by atoms with Gasteiger partial charge in [-0.1, -0.05) is 237 Å². The summed E-state index contributed by atoms with van der Waals surface area (Å²) in [6.07, 6.45) is 60.7. The van der Waals surface area contributed by atoms with Gasteiger partial charge in [-0.3, -0.25) is 9.59 Å². The fourth-order valence-electron chi connectivity index (χ4n) is 8.46.